The van der Waals surface area contributed by atoms with Crippen molar-refractivity contribution in [2.75, 3.05) is 0 Å². The van der Waals surface area contributed by atoms with Crippen LogP contribution in [0.15, 0.2) is 37.1 Å². The summed E-state index contributed by atoms with van der Waals surface area (Å²) in [5.41, 5.74) is 2.04. The largest absolute Gasteiger partial charge is 0.346 e. The van der Waals surface area contributed by atoms with Gasteiger partial charge in [0, 0.05) is 5.39 Å². The summed E-state index contributed by atoms with van der Waals surface area (Å²) in [5, 5.41) is 10.7. The van der Waals surface area contributed by atoms with Crippen molar-refractivity contribution in [3.05, 3.63) is 42.6 Å². The van der Waals surface area contributed by atoms with Crippen LogP contribution in [-0.4, -0.2) is 16.1 Å². The zero-order chi connectivity index (χ0) is 11.5. The molecular weight excluding hydrogens is 202 g/mol. The lowest BCUT2D eigenvalue weighted by Crippen LogP contribution is -2.24. The molecule has 0 fully saturated rings. The Balaban J connectivity index is 2.25. The summed E-state index contributed by atoms with van der Waals surface area (Å²) in [6, 6.07) is 5.89. The van der Waals surface area contributed by atoms with E-state index in [0.717, 1.165) is 16.5 Å². The molecule has 0 saturated heterocycles. The quantitative estimate of drug-likeness (QED) is 0.768. The number of aromatic amines is 1. The molecule has 4 nitrogen and oxygen atoms in total. The van der Waals surface area contributed by atoms with E-state index >= 15 is 0 Å². The average molecular weight is 215 g/mol. The molecule has 0 spiro atoms. The summed E-state index contributed by atoms with van der Waals surface area (Å²) in [6.07, 6.45) is 3.04. The standard InChI is InChI=1S/C12H13N3O/c1-3-12(16)14-8(2)9-4-5-11-10(6-9)7-13-15-11/h3-8H,1H2,2H3,(H,13,15)(H,14,16). The number of rotatable bonds is 3. The molecule has 0 aliphatic carbocycles. The minimum atomic E-state index is -0.167. The normalized spacial score (nSPS) is 12.3. The lowest BCUT2D eigenvalue weighted by atomic mass is 10.1. The van der Waals surface area contributed by atoms with Gasteiger partial charge in [0.25, 0.3) is 0 Å². The van der Waals surface area contributed by atoms with E-state index in [9.17, 15) is 4.79 Å². The monoisotopic (exact) mass is 215 g/mol. The fraction of sp³-hybridized carbons (Fsp3) is 0.167. The first kappa shape index (κ1) is 10.4. The molecule has 16 heavy (non-hydrogen) atoms. The number of H-pyrrole nitrogens is 1. The van der Waals surface area contributed by atoms with Crippen LogP contribution in [0.3, 0.4) is 0 Å². The minimum Gasteiger partial charge on any atom is -0.346 e. The average Bonchev–Trinajstić information content (AvgIpc) is 2.75. The highest BCUT2D eigenvalue weighted by atomic mass is 16.1. The van der Waals surface area contributed by atoms with Gasteiger partial charge < -0.3 is 5.32 Å². The molecule has 0 aliphatic heterocycles. The minimum absolute atomic E-state index is 0.0372. The maximum atomic E-state index is 11.2. The molecule has 1 atom stereocenters. The third kappa shape index (κ3) is 1.95. The summed E-state index contributed by atoms with van der Waals surface area (Å²) in [5.74, 6) is -0.167. The molecular formula is C12H13N3O. The van der Waals surface area contributed by atoms with Gasteiger partial charge in [0.05, 0.1) is 17.8 Å². The van der Waals surface area contributed by atoms with E-state index in [1.807, 2.05) is 25.1 Å². The van der Waals surface area contributed by atoms with E-state index in [0.29, 0.717) is 0 Å². The van der Waals surface area contributed by atoms with E-state index in [-0.39, 0.29) is 11.9 Å². The molecule has 1 heterocycles. The highest BCUT2D eigenvalue weighted by Crippen LogP contribution is 2.18. The number of carbonyl (C=O) groups excluding carboxylic acids is 1. The van der Waals surface area contributed by atoms with Crippen molar-refractivity contribution in [1.29, 1.82) is 0 Å². The first-order valence-corrected chi connectivity index (χ1v) is 5.06. The van der Waals surface area contributed by atoms with Crippen molar-refractivity contribution >= 4 is 16.8 Å². The van der Waals surface area contributed by atoms with Gasteiger partial charge in [-0.2, -0.15) is 5.10 Å². The van der Waals surface area contributed by atoms with Gasteiger partial charge in [0.1, 0.15) is 0 Å². The van der Waals surface area contributed by atoms with E-state index in [2.05, 4.69) is 22.1 Å². The third-order valence-corrected chi connectivity index (χ3v) is 2.51. The van der Waals surface area contributed by atoms with E-state index in [1.165, 1.54) is 6.08 Å². The Morgan fingerprint density at radius 2 is 2.44 bits per heavy atom. The first-order chi connectivity index (χ1) is 7.70. The lowest BCUT2D eigenvalue weighted by Gasteiger charge is -2.12. The molecule has 82 valence electrons. The Labute approximate surface area is 93.4 Å². The van der Waals surface area contributed by atoms with Gasteiger partial charge in [-0.3, -0.25) is 9.89 Å². The highest BCUT2D eigenvalue weighted by molar-refractivity contribution is 5.87. The second-order valence-corrected chi connectivity index (χ2v) is 3.65. The van der Waals surface area contributed by atoms with Crippen LogP contribution in [-0.2, 0) is 4.79 Å². The van der Waals surface area contributed by atoms with Crippen LogP contribution < -0.4 is 5.32 Å². The molecule has 1 aromatic carbocycles. The summed E-state index contributed by atoms with van der Waals surface area (Å²) in [6.45, 7) is 5.36. The summed E-state index contributed by atoms with van der Waals surface area (Å²) in [7, 11) is 0. The van der Waals surface area contributed by atoms with Gasteiger partial charge in [-0.1, -0.05) is 12.6 Å². The van der Waals surface area contributed by atoms with Gasteiger partial charge in [0.15, 0.2) is 0 Å². The van der Waals surface area contributed by atoms with Crippen molar-refractivity contribution < 1.29 is 4.79 Å². The Bertz CT molecular complexity index is 530. The van der Waals surface area contributed by atoms with Crippen molar-refractivity contribution in [2.24, 2.45) is 0 Å². The van der Waals surface area contributed by atoms with Gasteiger partial charge in [-0.05, 0) is 30.7 Å². The van der Waals surface area contributed by atoms with Crippen molar-refractivity contribution in [2.45, 2.75) is 13.0 Å². The predicted octanol–water partition coefficient (Wildman–Crippen LogP) is 1.93. The maximum absolute atomic E-state index is 11.2. The van der Waals surface area contributed by atoms with E-state index < -0.39 is 0 Å². The van der Waals surface area contributed by atoms with Crippen molar-refractivity contribution in [3.63, 3.8) is 0 Å². The fourth-order valence-electron chi connectivity index (χ4n) is 1.59. The molecule has 0 aliphatic rings. The van der Waals surface area contributed by atoms with Crippen LogP contribution in [0, 0.1) is 0 Å². The van der Waals surface area contributed by atoms with Crippen LogP contribution in [0.1, 0.15) is 18.5 Å². The smallest absolute Gasteiger partial charge is 0.243 e. The second kappa shape index (κ2) is 4.18. The first-order valence-electron chi connectivity index (χ1n) is 5.06. The summed E-state index contributed by atoms with van der Waals surface area (Å²) < 4.78 is 0. The molecule has 1 unspecified atom stereocenters. The molecule has 2 aromatic rings. The fourth-order valence-corrected chi connectivity index (χ4v) is 1.59. The maximum Gasteiger partial charge on any atom is 0.243 e. The van der Waals surface area contributed by atoms with Gasteiger partial charge in [-0.25, -0.2) is 0 Å². The molecule has 2 N–H and O–H groups in total. The van der Waals surface area contributed by atoms with Crippen LogP contribution in [0.5, 0.6) is 0 Å². The molecule has 2 rings (SSSR count). The van der Waals surface area contributed by atoms with Gasteiger partial charge in [0.2, 0.25) is 5.91 Å². The van der Waals surface area contributed by atoms with E-state index in [4.69, 9.17) is 0 Å². The Morgan fingerprint density at radius 3 is 3.19 bits per heavy atom. The number of nitrogens with zero attached hydrogens (tertiary/aromatic N) is 1. The van der Waals surface area contributed by atoms with Crippen molar-refractivity contribution in [1.82, 2.24) is 15.5 Å². The molecule has 4 heteroatoms. The van der Waals surface area contributed by atoms with E-state index in [1.54, 1.807) is 6.20 Å². The number of aromatic nitrogens is 2. The van der Waals surface area contributed by atoms with Gasteiger partial charge in [-0.15, -0.1) is 0 Å². The molecule has 0 saturated carbocycles. The molecule has 1 amide bonds. The second-order valence-electron chi connectivity index (χ2n) is 3.65. The number of carbonyl (C=O) groups is 1. The number of amides is 1. The highest BCUT2D eigenvalue weighted by Gasteiger charge is 2.08. The van der Waals surface area contributed by atoms with Crippen molar-refractivity contribution in [3.8, 4) is 0 Å². The lowest BCUT2D eigenvalue weighted by molar-refractivity contribution is -0.117. The Kier molecular flexibility index (Phi) is 2.72. The summed E-state index contributed by atoms with van der Waals surface area (Å²) >= 11 is 0. The predicted molar refractivity (Wildman–Crippen MR) is 62.8 cm³/mol. The Morgan fingerprint density at radius 1 is 1.62 bits per heavy atom. The SMILES string of the molecule is C=CC(=O)NC(C)c1ccc2[nH]ncc2c1. The number of fused-ring (bicyclic) bond motifs is 1. The van der Waals surface area contributed by atoms with Crippen LogP contribution >= 0.6 is 0 Å². The Hall–Kier alpha value is -2.10. The number of benzene rings is 1. The molecule has 0 radical (unpaired) electrons. The van der Waals surface area contributed by atoms with Crippen LogP contribution in [0.2, 0.25) is 0 Å². The van der Waals surface area contributed by atoms with Gasteiger partial charge >= 0.3 is 0 Å². The van der Waals surface area contributed by atoms with Crippen LogP contribution in [0.25, 0.3) is 10.9 Å². The zero-order valence-corrected chi connectivity index (χ0v) is 9.03. The molecule has 0 bridgehead atoms. The third-order valence-electron chi connectivity index (χ3n) is 2.51. The van der Waals surface area contributed by atoms with Crippen LogP contribution in [0.4, 0.5) is 0 Å². The number of hydrogen-bond acceptors (Lipinski definition) is 2. The number of hydrogen-bond donors (Lipinski definition) is 2. The molecule has 1 aromatic heterocycles. The topological polar surface area (TPSA) is 57.8 Å². The summed E-state index contributed by atoms with van der Waals surface area (Å²) in [4.78, 5) is 11.2. The number of nitrogens with one attached hydrogen (secondary N) is 2. The zero-order valence-electron chi connectivity index (χ0n) is 9.03.